The number of carboxylic acid groups (broad SMARTS) is 1. The van der Waals surface area contributed by atoms with E-state index in [0.717, 1.165) is 12.1 Å². The number of aliphatic carboxylic acids is 1. The molecule has 20 heavy (non-hydrogen) atoms. The van der Waals surface area contributed by atoms with Crippen molar-refractivity contribution in [1.82, 2.24) is 9.38 Å². The van der Waals surface area contributed by atoms with Crippen LogP contribution in [0.3, 0.4) is 0 Å². The van der Waals surface area contributed by atoms with Crippen LogP contribution in [0.1, 0.15) is 31.7 Å². The maximum atomic E-state index is 10.9. The van der Waals surface area contributed by atoms with Crippen molar-refractivity contribution in [2.24, 2.45) is 5.92 Å². The van der Waals surface area contributed by atoms with Crippen LogP contribution < -0.4 is 4.74 Å². The maximum Gasteiger partial charge on any atom is 0.309 e. The summed E-state index contributed by atoms with van der Waals surface area (Å²) in [5.41, 5.74) is 2.11. The fourth-order valence-corrected chi connectivity index (χ4v) is 2.08. The number of pyridine rings is 1. The summed E-state index contributed by atoms with van der Waals surface area (Å²) >= 11 is 0. The van der Waals surface area contributed by atoms with Crippen molar-refractivity contribution in [3.05, 3.63) is 29.7 Å². The summed E-state index contributed by atoms with van der Waals surface area (Å²) in [6, 6.07) is 3.72. The molecule has 0 fully saturated rings. The zero-order chi connectivity index (χ0) is 14.7. The summed E-state index contributed by atoms with van der Waals surface area (Å²) < 4.78 is 7.57. The Morgan fingerprint density at radius 2 is 2.25 bits per heavy atom. The molecule has 0 saturated heterocycles. The van der Waals surface area contributed by atoms with Gasteiger partial charge in [0, 0.05) is 6.20 Å². The lowest BCUT2D eigenvalue weighted by atomic mass is 10.1. The molecular weight excluding hydrogens is 256 g/mol. The van der Waals surface area contributed by atoms with Crippen LogP contribution in [0.2, 0.25) is 0 Å². The number of hydrogen-bond donors (Lipinski definition) is 1. The van der Waals surface area contributed by atoms with Crippen molar-refractivity contribution < 1.29 is 14.6 Å². The van der Waals surface area contributed by atoms with Gasteiger partial charge >= 0.3 is 5.97 Å². The quantitative estimate of drug-likeness (QED) is 0.881. The molecule has 0 aromatic carbocycles. The SMILES string of the molecule is Cc1nc2c(OCCC(C)C)cccn2c1CC(=O)O. The number of aromatic nitrogens is 2. The molecule has 0 unspecified atom stereocenters. The third kappa shape index (κ3) is 3.10. The first kappa shape index (κ1) is 14.4. The molecule has 5 heteroatoms. The fraction of sp³-hybridized carbons (Fsp3) is 0.467. The highest BCUT2D eigenvalue weighted by Crippen LogP contribution is 2.22. The predicted octanol–water partition coefficient (Wildman–Crippen LogP) is 2.69. The molecule has 2 rings (SSSR count). The van der Waals surface area contributed by atoms with E-state index in [-0.39, 0.29) is 6.42 Å². The van der Waals surface area contributed by atoms with E-state index >= 15 is 0 Å². The Kier molecular flexibility index (Phi) is 4.27. The largest absolute Gasteiger partial charge is 0.490 e. The summed E-state index contributed by atoms with van der Waals surface area (Å²) in [4.78, 5) is 15.4. The van der Waals surface area contributed by atoms with Gasteiger partial charge in [-0.2, -0.15) is 0 Å². The van der Waals surface area contributed by atoms with E-state index in [4.69, 9.17) is 9.84 Å². The van der Waals surface area contributed by atoms with E-state index in [0.29, 0.717) is 29.6 Å². The van der Waals surface area contributed by atoms with E-state index in [2.05, 4.69) is 18.8 Å². The van der Waals surface area contributed by atoms with Crippen molar-refractivity contribution in [2.45, 2.75) is 33.6 Å². The maximum absolute atomic E-state index is 10.9. The molecule has 0 atom stereocenters. The van der Waals surface area contributed by atoms with Gasteiger partial charge in [0.05, 0.1) is 24.4 Å². The Balaban J connectivity index is 2.31. The molecule has 0 saturated carbocycles. The molecule has 0 spiro atoms. The molecule has 0 radical (unpaired) electrons. The van der Waals surface area contributed by atoms with E-state index in [1.807, 2.05) is 25.3 Å². The third-order valence-corrected chi connectivity index (χ3v) is 3.18. The lowest BCUT2D eigenvalue weighted by Gasteiger charge is -2.09. The van der Waals surface area contributed by atoms with Crippen LogP contribution in [0.5, 0.6) is 5.75 Å². The molecular formula is C15H20N2O3. The molecule has 2 aromatic rings. The Hall–Kier alpha value is -2.04. The van der Waals surface area contributed by atoms with Crippen LogP contribution in [0.25, 0.3) is 5.65 Å². The summed E-state index contributed by atoms with van der Waals surface area (Å²) in [5, 5.41) is 8.97. The van der Waals surface area contributed by atoms with Gasteiger partial charge in [-0.05, 0) is 31.4 Å². The van der Waals surface area contributed by atoms with E-state index in [1.165, 1.54) is 0 Å². The summed E-state index contributed by atoms with van der Waals surface area (Å²) in [5.74, 6) is 0.424. The normalized spacial score (nSPS) is 11.2. The van der Waals surface area contributed by atoms with Crippen LogP contribution in [0.15, 0.2) is 18.3 Å². The molecule has 5 nitrogen and oxygen atoms in total. The van der Waals surface area contributed by atoms with Crippen LogP contribution >= 0.6 is 0 Å². The molecule has 2 aromatic heterocycles. The highest BCUT2D eigenvalue weighted by Gasteiger charge is 2.14. The minimum absolute atomic E-state index is 0.0392. The van der Waals surface area contributed by atoms with Crippen LogP contribution in [0.4, 0.5) is 0 Å². The minimum atomic E-state index is -0.860. The second-order valence-electron chi connectivity index (χ2n) is 5.31. The van der Waals surface area contributed by atoms with Crippen molar-refractivity contribution in [3.63, 3.8) is 0 Å². The Morgan fingerprint density at radius 1 is 1.50 bits per heavy atom. The van der Waals surface area contributed by atoms with Crippen molar-refractivity contribution in [3.8, 4) is 5.75 Å². The standard InChI is InChI=1S/C15H20N2O3/c1-10(2)6-8-20-13-5-4-7-17-12(9-14(18)19)11(3)16-15(13)17/h4-5,7,10H,6,8-9H2,1-3H3,(H,18,19). The molecule has 0 bridgehead atoms. The number of hydrogen-bond acceptors (Lipinski definition) is 3. The number of carboxylic acids is 1. The van der Waals surface area contributed by atoms with Gasteiger partial charge in [-0.3, -0.25) is 4.79 Å². The monoisotopic (exact) mass is 276 g/mol. The Bertz CT molecular complexity index is 617. The third-order valence-electron chi connectivity index (χ3n) is 3.18. The van der Waals surface area contributed by atoms with E-state index in [1.54, 1.807) is 4.40 Å². The number of rotatable bonds is 6. The lowest BCUT2D eigenvalue weighted by molar-refractivity contribution is -0.136. The molecule has 2 heterocycles. The highest BCUT2D eigenvalue weighted by atomic mass is 16.5. The van der Waals surface area contributed by atoms with Crippen LogP contribution in [-0.2, 0) is 11.2 Å². The molecule has 108 valence electrons. The van der Waals surface area contributed by atoms with E-state index < -0.39 is 5.97 Å². The second-order valence-corrected chi connectivity index (χ2v) is 5.31. The summed E-state index contributed by atoms with van der Waals surface area (Å²) in [6.45, 7) is 6.75. The molecule has 0 aliphatic carbocycles. The zero-order valence-corrected chi connectivity index (χ0v) is 12.1. The van der Waals surface area contributed by atoms with Gasteiger partial charge in [0.25, 0.3) is 0 Å². The van der Waals surface area contributed by atoms with Gasteiger partial charge < -0.3 is 14.2 Å². The Morgan fingerprint density at radius 3 is 2.90 bits per heavy atom. The average molecular weight is 276 g/mol. The van der Waals surface area contributed by atoms with Crippen LogP contribution in [0, 0.1) is 12.8 Å². The van der Waals surface area contributed by atoms with Gasteiger partial charge in [-0.25, -0.2) is 4.98 Å². The van der Waals surface area contributed by atoms with Gasteiger partial charge in [0.2, 0.25) is 0 Å². The first-order chi connectivity index (χ1) is 9.49. The minimum Gasteiger partial charge on any atom is -0.490 e. The summed E-state index contributed by atoms with van der Waals surface area (Å²) in [6.07, 6.45) is 2.76. The molecule has 0 aliphatic rings. The number of imidazole rings is 1. The number of ether oxygens (including phenoxy) is 1. The van der Waals surface area contributed by atoms with Gasteiger partial charge in [-0.15, -0.1) is 0 Å². The number of carbonyl (C=O) groups is 1. The van der Waals surface area contributed by atoms with Crippen molar-refractivity contribution >= 4 is 11.6 Å². The number of aryl methyl sites for hydroxylation is 1. The van der Waals surface area contributed by atoms with Crippen molar-refractivity contribution in [2.75, 3.05) is 6.61 Å². The molecule has 1 N–H and O–H groups in total. The fourth-order valence-electron chi connectivity index (χ4n) is 2.08. The van der Waals surface area contributed by atoms with Gasteiger partial charge in [-0.1, -0.05) is 13.8 Å². The molecule has 0 amide bonds. The van der Waals surface area contributed by atoms with Crippen LogP contribution in [-0.4, -0.2) is 27.1 Å². The first-order valence-corrected chi connectivity index (χ1v) is 6.80. The topological polar surface area (TPSA) is 63.8 Å². The second kappa shape index (κ2) is 5.94. The smallest absolute Gasteiger partial charge is 0.309 e. The Labute approximate surface area is 118 Å². The van der Waals surface area contributed by atoms with Gasteiger partial charge in [0.15, 0.2) is 11.4 Å². The van der Waals surface area contributed by atoms with E-state index in [9.17, 15) is 4.79 Å². The zero-order valence-electron chi connectivity index (χ0n) is 12.1. The highest BCUT2D eigenvalue weighted by molar-refractivity contribution is 5.71. The van der Waals surface area contributed by atoms with Gasteiger partial charge in [0.1, 0.15) is 0 Å². The number of nitrogens with zero attached hydrogens (tertiary/aromatic N) is 2. The molecule has 0 aliphatic heterocycles. The van der Waals surface area contributed by atoms with Crippen molar-refractivity contribution in [1.29, 1.82) is 0 Å². The number of fused-ring (bicyclic) bond motifs is 1. The lowest BCUT2D eigenvalue weighted by Crippen LogP contribution is -2.05. The average Bonchev–Trinajstić information content (AvgIpc) is 2.66. The summed E-state index contributed by atoms with van der Waals surface area (Å²) in [7, 11) is 0. The predicted molar refractivity (Wildman–Crippen MR) is 76.2 cm³/mol. The first-order valence-electron chi connectivity index (χ1n) is 6.80.